The summed E-state index contributed by atoms with van der Waals surface area (Å²) in [6, 6.07) is 7.63. The molecule has 1 N–H and O–H groups in total. The zero-order chi connectivity index (χ0) is 15.5. The standard InChI is InChI=1S/C17H21ClN2O2/c18-14-5-1-12(2-6-14)11-16(21)20-9-7-15(8-10-20)19-17(22)13-3-4-13/h1-2,5-6,13,15H,3-4,7-11H2,(H,19,22). The maximum atomic E-state index is 12.3. The van der Waals surface area contributed by atoms with E-state index in [0.717, 1.165) is 44.3 Å². The van der Waals surface area contributed by atoms with Crippen molar-refractivity contribution in [1.82, 2.24) is 10.2 Å². The number of hydrogen-bond donors (Lipinski definition) is 1. The summed E-state index contributed by atoms with van der Waals surface area (Å²) in [6.45, 7) is 1.45. The van der Waals surface area contributed by atoms with E-state index < -0.39 is 0 Å². The van der Waals surface area contributed by atoms with Gasteiger partial charge in [0.25, 0.3) is 0 Å². The summed E-state index contributed by atoms with van der Waals surface area (Å²) in [6.07, 6.45) is 4.18. The molecule has 1 saturated heterocycles. The van der Waals surface area contributed by atoms with Gasteiger partial charge >= 0.3 is 0 Å². The molecule has 1 heterocycles. The van der Waals surface area contributed by atoms with E-state index in [4.69, 9.17) is 11.6 Å². The molecule has 2 amide bonds. The Bertz CT molecular complexity index is 546. The molecule has 118 valence electrons. The van der Waals surface area contributed by atoms with Crippen LogP contribution in [0.15, 0.2) is 24.3 Å². The fourth-order valence-corrected chi connectivity index (χ4v) is 2.95. The molecule has 0 unspecified atom stereocenters. The number of piperidine rings is 1. The predicted molar refractivity (Wildman–Crippen MR) is 85.6 cm³/mol. The third-order valence-corrected chi connectivity index (χ3v) is 4.66. The van der Waals surface area contributed by atoms with Crippen LogP contribution >= 0.6 is 11.6 Å². The average molecular weight is 321 g/mol. The first kappa shape index (κ1) is 15.3. The lowest BCUT2D eigenvalue weighted by atomic mass is 10.0. The van der Waals surface area contributed by atoms with Gasteiger partial charge in [0.1, 0.15) is 0 Å². The summed E-state index contributed by atoms with van der Waals surface area (Å²) in [5, 5.41) is 3.79. The molecule has 1 aliphatic heterocycles. The van der Waals surface area contributed by atoms with Gasteiger partial charge in [0.15, 0.2) is 0 Å². The highest BCUT2D eigenvalue weighted by molar-refractivity contribution is 6.30. The van der Waals surface area contributed by atoms with Crippen LogP contribution in [0.3, 0.4) is 0 Å². The number of carbonyl (C=O) groups excluding carboxylic acids is 2. The number of rotatable bonds is 4. The van der Waals surface area contributed by atoms with Gasteiger partial charge in [-0.15, -0.1) is 0 Å². The Morgan fingerprint density at radius 1 is 1.09 bits per heavy atom. The van der Waals surface area contributed by atoms with E-state index in [0.29, 0.717) is 11.4 Å². The Hall–Kier alpha value is -1.55. The fraction of sp³-hybridized carbons (Fsp3) is 0.529. The quantitative estimate of drug-likeness (QED) is 0.926. The minimum absolute atomic E-state index is 0.147. The maximum absolute atomic E-state index is 12.3. The number of amides is 2. The van der Waals surface area contributed by atoms with E-state index in [2.05, 4.69) is 5.32 Å². The van der Waals surface area contributed by atoms with Crippen molar-refractivity contribution in [2.45, 2.75) is 38.1 Å². The fourth-order valence-electron chi connectivity index (χ4n) is 2.83. The Kier molecular flexibility index (Phi) is 4.67. The van der Waals surface area contributed by atoms with Crippen molar-refractivity contribution in [2.75, 3.05) is 13.1 Å². The number of nitrogens with zero attached hydrogens (tertiary/aromatic N) is 1. The third-order valence-electron chi connectivity index (χ3n) is 4.41. The van der Waals surface area contributed by atoms with Crippen LogP contribution in [-0.4, -0.2) is 35.8 Å². The van der Waals surface area contributed by atoms with E-state index in [1.165, 1.54) is 0 Å². The molecule has 1 aliphatic carbocycles. The van der Waals surface area contributed by atoms with E-state index in [-0.39, 0.29) is 23.8 Å². The molecule has 3 rings (SSSR count). The number of hydrogen-bond acceptors (Lipinski definition) is 2. The molecule has 1 aromatic carbocycles. The van der Waals surface area contributed by atoms with Crippen molar-refractivity contribution < 1.29 is 9.59 Å². The van der Waals surface area contributed by atoms with Gasteiger partial charge in [-0.05, 0) is 43.4 Å². The predicted octanol–water partition coefficient (Wildman–Crippen LogP) is 2.40. The lowest BCUT2D eigenvalue weighted by molar-refractivity contribution is -0.131. The second-order valence-corrected chi connectivity index (χ2v) is 6.68. The van der Waals surface area contributed by atoms with Crippen LogP contribution < -0.4 is 5.32 Å². The number of nitrogens with one attached hydrogen (secondary N) is 1. The Balaban J connectivity index is 1.45. The highest BCUT2D eigenvalue weighted by Gasteiger charge is 2.32. The van der Waals surface area contributed by atoms with Crippen molar-refractivity contribution in [3.8, 4) is 0 Å². The van der Waals surface area contributed by atoms with Gasteiger partial charge in [0.2, 0.25) is 11.8 Å². The van der Waals surface area contributed by atoms with Gasteiger partial charge in [-0.2, -0.15) is 0 Å². The van der Waals surface area contributed by atoms with Crippen LogP contribution in [0, 0.1) is 5.92 Å². The monoisotopic (exact) mass is 320 g/mol. The molecular formula is C17H21ClN2O2. The first-order valence-corrected chi connectivity index (χ1v) is 8.32. The molecule has 0 spiro atoms. The lowest BCUT2D eigenvalue weighted by Gasteiger charge is -2.32. The van der Waals surface area contributed by atoms with Crippen LogP contribution in [0.4, 0.5) is 0 Å². The average Bonchev–Trinajstić information content (AvgIpc) is 3.35. The van der Waals surface area contributed by atoms with Crippen LogP contribution in [0.1, 0.15) is 31.2 Å². The van der Waals surface area contributed by atoms with Gasteiger partial charge in [-0.1, -0.05) is 23.7 Å². The molecule has 0 atom stereocenters. The van der Waals surface area contributed by atoms with Gasteiger partial charge in [0, 0.05) is 30.1 Å². The molecule has 1 saturated carbocycles. The number of benzene rings is 1. The second kappa shape index (κ2) is 6.69. The highest BCUT2D eigenvalue weighted by atomic mass is 35.5. The Morgan fingerprint density at radius 2 is 1.73 bits per heavy atom. The summed E-state index contributed by atoms with van der Waals surface area (Å²) >= 11 is 5.85. The Labute approximate surface area is 135 Å². The van der Waals surface area contributed by atoms with Gasteiger partial charge in [0.05, 0.1) is 6.42 Å². The molecule has 5 heteroatoms. The summed E-state index contributed by atoms with van der Waals surface area (Å²) in [7, 11) is 0. The molecule has 0 bridgehead atoms. The molecule has 4 nitrogen and oxygen atoms in total. The van der Waals surface area contributed by atoms with E-state index in [1.807, 2.05) is 29.2 Å². The molecular weight excluding hydrogens is 300 g/mol. The van der Waals surface area contributed by atoms with Crippen LogP contribution in [0.5, 0.6) is 0 Å². The summed E-state index contributed by atoms with van der Waals surface area (Å²) in [4.78, 5) is 26.0. The molecule has 0 aromatic heterocycles. The first-order valence-electron chi connectivity index (χ1n) is 7.94. The number of carbonyl (C=O) groups is 2. The minimum Gasteiger partial charge on any atom is -0.353 e. The molecule has 0 radical (unpaired) electrons. The topological polar surface area (TPSA) is 49.4 Å². The SMILES string of the molecule is O=C(NC1CCN(C(=O)Cc2ccc(Cl)cc2)CC1)C1CC1. The second-order valence-electron chi connectivity index (χ2n) is 6.24. The van der Waals surface area contributed by atoms with Gasteiger partial charge in [-0.3, -0.25) is 9.59 Å². The van der Waals surface area contributed by atoms with Crippen LogP contribution in [0.25, 0.3) is 0 Å². The Morgan fingerprint density at radius 3 is 2.32 bits per heavy atom. The van der Waals surface area contributed by atoms with Crippen molar-refractivity contribution in [3.05, 3.63) is 34.9 Å². The summed E-state index contributed by atoms with van der Waals surface area (Å²) in [5.74, 6) is 0.602. The smallest absolute Gasteiger partial charge is 0.226 e. The van der Waals surface area contributed by atoms with Gasteiger partial charge < -0.3 is 10.2 Å². The van der Waals surface area contributed by atoms with E-state index in [1.54, 1.807) is 0 Å². The van der Waals surface area contributed by atoms with Crippen LogP contribution in [0.2, 0.25) is 5.02 Å². The highest BCUT2D eigenvalue weighted by Crippen LogP contribution is 2.29. The molecule has 2 fully saturated rings. The molecule has 2 aliphatic rings. The zero-order valence-corrected chi connectivity index (χ0v) is 13.3. The van der Waals surface area contributed by atoms with E-state index >= 15 is 0 Å². The van der Waals surface area contributed by atoms with Crippen molar-refractivity contribution in [2.24, 2.45) is 5.92 Å². The molecule has 22 heavy (non-hydrogen) atoms. The van der Waals surface area contributed by atoms with Crippen molar-refractivity contribution in [1.29, 1.82) is 0 Å². The van der Waals surface area contributed by atoms with E-state index in [9.17, 15) is 9.59 Å². The number of halogens is 1. The summed E-state index contributed by atoms with van der Waals surface area (Å²) in [5.41, 5.74) is 0.985. The van der Waals surface area contributed by atoms with Gasteiger partial charge in [-0.25, -0.2) is 0 Å². The summed E-state index contributed by atoms with van der Waals surface area (Å²) < 4.78 is 0. The van der Waals surface area contributed by atoms with Crippen molar-refractivity contribution in [3.63, 3.8) is 0 Å². The maximum Gasteiger partial charge on any atom is 0.226 e. The van der Waals surface area contributed by atoms with Crippen LogP contribution in [-0.2, 0) is 16.0 Å². The zero-order valence-electron chi connectivity index (χ0n) is 12.6. The number of likely N-dealkylation sites (tertiary alicyclic amines) is 1. The van der Waals surface area contributed by atoms with Crippen molar-refractivity contribution >= 4 is 23.4 Å². The first-order chi connectivity index (χ1) is 10.6. The molecule has 1 aromatic rings. The largest absolute Gasteiger partial charge is 0.353 e. The third kappa shape index (κ3) is 4.01. The lowest BCUT2D eigenvalue weighted by Crippen LogP contribution is -2.47. The normalized spacial score (nSPS) is 19.0. The minimum atomic E-state index is 0.147.